The molecule has 1 atom stereocenters. The quantitative estimate of drug-likeness (QED) is 0.916. The van der Waals surface area contributed by atoms with Gasteiger partial charge >= 0.3 is 0 Å². The number of nitrogens with zero attached hydrogens (tertiary/aromatic N) is 1. The van der Waals surface area contributed by atoms with E-state index in [0.29, 0.717) is 31.0 Å². The highest BCUT2D eigenvalue weighted by atomic mass is 16.7. The number of hydrogen-bond acceptors (Lipinski definition) is 4. The van der Waals surface area contributed by atoms with Crippen LogP contribution >= 0.6 is 0 Å². The summed E-state index contributed by atoms with van der Waals surface area (Å²) < 4.78 is 10.7. The number of rotatable bonds is 4. The van der Waals surface area contributed by atoms with E-state index in [1.165, 1.54) is 0 Å². The molecule has 2 heterocycles. The van der Waals surface area contributed by atoms with Gasteiger partial charge in [0.15, 0.2) is 11.5 Å². The molecule has 2 aromatic rings. The average Bonchev–Trinajstić information content (AvgIpc) is 3.12. The number of ether oxygens (including phenoxy) is 2. The molecule has 0 unspecified atom stereocenters. The van der Waals surface area contributed by atoms with Crippen molar-refractivity contribution in [3.05, 3.63) is 59.2 Å². The predicted molar refractivity (Wildman–Crippen MR) is 94.7 cm³/mol. The first-order chi connectivity index (χ1) is 12.7. The highest BCUT2D eigenvalue weighted by molar-refractivity contribution is 5.92. The van der Waals surface area contributed by atoms with Gasteiger partial charge in [0.2, 0.25) is 18.6 Å². The minimum atomic E-state index is -0.591. The Morgan fingerprint density at radius 2 is 2.00 bits per heavy atom. The summed E-state index contributed by atoms with van der Waals surface area (Å²) in [7, 11) is 0. The van der Waals surface area contributed by atoms with Gasteiger partial charge in [-0.1, -0.05) is 30.3 Å². The van der Waals surface area contributed by atoms with Crippen LogP contribution in [0.1, 0.15) is 29.7 Å². The molecule has 2 aromatic carbocycles. The van der Waals surface area contributed by atoms with E-state index in [2.05, 4.69) is 5.32 Å². The maximum atomic E-state index is 12.9. The van der Waals surface area contributed by atoms with Crippen LogP contribution < -0.4 is 14.8 Å². The van der Waals surface area contributed by atoms with E-state index < -0.39 is 6.04 Å². The molecule has 6 heteroatoms. The molecule has 0 saturated heterocycles. The number of fused-ring (bicyclic) bond motifs is 2. The van der Waals surface area contributed by atoms with Crippen LogP contribution in [-0.4, -0.2) is 30.1 Å². The van der Waals surface area contributed by atoms with Crippen LogP contribution in [0.5, 0.6) is 11.5 Å². The fourth-order valence-corrected chi connectivity index (χ4v) is 3.52. The molecule has 0 aliphatic carbocycles. The van der Waals surface area contributed by atoms with Crippen molar-refractivity contribution in [1.82, 2.24) is 10.2 Å². The van der Waals surface area contributed by atoms with Gasteiger partial charge in [-0.3, -0.25) is 9.59 Å². The van der Waals surface area contributed by atoms with E-state index in [9.17, 15) is 9.59 Å². The predicted octanol–water partition coefficient (Wildman–Crippen LogP) is 2.18. The molecule has 1 N–H and O–H groups in total. The topological polar surface area (TPSA) is 67.9 Å². The smallest absolute Gasteiger partial charge is 0.247 e. The molecule has 0 spiro atoms. The first-order valence-corrected chi connectivity index (χ1v) is 8.71. The number of amides is 2. The van der Waals surface area contributed by atoms with E-state index in [0.717, 1.165) is 16.7 Å². The van der Waals surface area contributed by atoms with Crippen LogP contribution in [0.15, 0.2) is 42.5 Å². The lowest BCUT2D eigenvalue weighted by atomic mass is 9.91. The maximum absolute atomic E-state index is 12.9. The third kappa shape index (κ3) is 2.87. The van der Waals surface area contributed by atoms with Gasteiger partial charge < -0.3 is 19.7 Å². The third-order valence-corrected chi connectivity index (χ3v) is 4.82. The molecular formula is C20H20N2O4. The van der Waals surface area contributed by atoms with Gasteiger partial charge in [0.25, 0.3) is 0 Å². The van der Waals surface area contributed by atoms with Gasteiger partial charge in [-0.05, 0) is 35.7 Å². The van der Waals surface area contributed by atoms with Crippen molar-refractivity contribution >= 4 is 11.8 Å². The number of hydrogen-bond donors (Lipinski definition) is 1. The number of likely N-dealkylation sites (N-methyl/N-ethyl adjacent to an activating group) is 1. The van der Waals surface area contributed by atoms with Crippen molar-refractivity contribution < 1.29 is 19.1 Å². The summed E-state index contributed by atoms with van der Waals surface area (Å²) in [6.07, 6.45) is 0.343. The zero-order chi connectivity index (χ0) is 18.1. The van der Waals surface area contributed by atoms with E-state index in [4.69, 9.17) is 9.47 Å². The Labute approximate surface area is 151 Å². The van der Waals surface area contributed by atoms with Crippen molar-refractivity contribution in [3.8, 4) is 11.5 Å². The van der Waals surface area contributed by atoms with Crippen molar-refractivity contribution in [2.75, 3.05) is 13.3 Å². The van der Waals surface area contributed by atoms with Crippen molar-refractivity contribution in [2.24, 2.45) is 0 Å². The fourth-order valence-electron chi connectivity index (χ4n) is 3.52. The molecule has 0 saturated carbocycles. The molecule has 0 bridgehead atoms. The van der Waals surface area contributed by atoms with Crippen LogP contribution in [0.4, 0.5) is 0 Å². The summed E-state index contributed by atoms with van der Waals surface area (Å²) in [5.74, 6) is 1.20. The molecule has 2 amide bonds. The van der Waals surface area contributed by atoms with E-state index in [1.54, 1.807) is 4.90 Å². The summed E-state index contributed by atoms with van der Waals surface area (Å²) in [6.45, 7) is 2.97. The second kappa shape index (κ2) is 6.71. The third-order valence-electron chi connectivity index (χ3n) is 4.82. The molecule has 4 rings (SSSR count). The Bertz CT molecular complexity index is 865. The molecule has 2 aliphatic heterocycles. The molecule has 0 radical (unpaired) electrons. The van der Waals surface area contributed by atoms with Crippen molar-refractivity contribution in [3.63, 3.8) is 0 Å². The molecule has 134 valence electrons. The number of carbonyl (C=O) groups excluding carboxylic acids is 2. The number of nitrogens with one attached hydrogen (secondary N) is 1. The minimum absolute atomic E-state index is 0.0190. The SMILES string of the molecule is CCN1C(=O)Cc2ccccc2[C@@H]1C(=O)NCc1ccc2c(c1)OCO2. The number of benzene rings is 2. The minimum Gasteiger partial charge on any atom is -0.454 e. The highest BCUT2D eigenvalue weighted by Crippen LogP contribution is 2.33. The molecule has 0 aromatic heterocycles. The molecule has 0 fully saturated rings. The summed E-state index contributed by atoms with van der Waals surface area (Å²) >= 11 is 0. The van der Waals surface area contributed by atoms with Crippen LogP contribution in [0.25, 0.3) is 0 Å². The first-order valence-electron chi connectivity index (χ1n) is 8.71. The summed E-state index contributed by atoms with van der Waals surface area (Å²) in [5.41, 5.74) is 2.74. The van der Waals surface area contributed by atoms with Crippen LogP contribution in [-0.2, 0) is 22.6 Å². The van der Waals surface area contributed by atoms with Gasteiger partial charge in [0.1, 0.15) is 6.04 Å². The standard InChI is InChI=1S/C20H20N2O4/c1-2-22-18(23)10-14-5-3-4-6-15(14)19(22)20(24)21-11-13-7-8-16-17(9-13)26-12-25-16/h3-9,19H,2,10-12H2,1H3,(H,21,24)/t19-/m1/s1. The van der Waals surface area contributed by atoms with Crippen LogP contribution in [0.3, 0.4) is 0 Å². The normalized spacial score (nSPS) is 17.8. The summed E-state index contributed by atoms with van der Waals surface area (Å²) in [5, 5.41) is 2.96. The Kier molecular flexibility index (Phi) is 4.24. The zero-order valence-electron chi connectivity index (χ0n) is 14.5. The molecular weight excluding hydrogens is 332 g/mol. The van der Waals surface area contributed by atoms with E-state index >= 15 is 0 Å². The highest BCUT2D eigenvalue weighted by Gasteiger charge is 2.35. The Morgan fingerprint density at radius 3 is 2.85 bits per heavy atom. The van der Waals surface area contributed by atoms with Gasteiger partial charge in [0.05, 0.1) is 6.42 Å². The average molecular weight is 352 g/mol. The zero-order valence-corrected chi connectivity index (χ0v) is 14.5. The maximum Gasteiger partial charge on any atom is 0.247 e. The molecule has 2 aliphatic rings. The lowest BCUT2D eigenvalue weighted by molar-refractivity contribution is -0.141. The van der Waals surface area contributed by atoms with Crippen LogP contribution in [0.2, 0.25) is 0 Å². The second-order valence-electron chi connectivity index (χ2n) is 6.36. The van der Waals surface area contributed by atoms with Gasteiger partial charge in [-0.25, -0.2) is 0 Å². The van der Waals surface area contributed by atoms with Crippen LogP contribution in [0, 0.1) is 0 Å². The van der Waals surface area contributed by atoms with Crippen molar-refractivity contribution in [2.45, 2.75) is 25.9 Å². The fraction of sp³-hybridized carbons (Fsp3) is 0.300. The number of carbonyl (C=O) groups is 2. The Hall–Kier alpha value is -3.02. The van der Waals surface area contributed by atoms with Gasteiger partial charge in [0, 0.05) is 13.1 Å². The summed E-state index contributed by atoms with van der Waals surface area (Å²) in [6, 6.07) is 12.6. The molecule has 6 nitrogen and oxygen atoms in total. The van der Waals surface area contributed by atoms with Crippen molar-refractivity contribution in [1.29, 1.82) is 0 Å². The van der Waals surface area contributed by atoms with Gasteiger partial charge in [-0.15, -0.1) is 0 Å². The van der Waals surface area contributed by atoms with Gasteiger partial charge in [-0.2, -0.15) is 0 Å². The summed E-state index contributed by atoms with van der Waals surface area (Å²) in [4.78, 5) is 27.0. The lowest BCUT2D eigenvalue weighted by Gasteiger charge is -2.35. The Morgan fingerprint density at radius 1 is 1.19 bits per heavy atom. The first kappa shape index (κ1) is 16.4. The van der Waals surface area contributed by atoms with E-state index in [-0.39, 0.29) is 18.6 Å². The monoisotopic (exact) mass is 352 g/mol. The Balaban J connectivity index is 1.53. The lowest BCUT2D eigenvalue weighted by Crippen LogP contribution is -2.47. The second-order valence-corrected chi connectivity index (χ2v) is 6.36. The molecule has 26 heavy (non-hydrogen) atoms. The van der Waals surface area contributed by atoms with E-state index in [1.807, 2.05) is 49.4 Å². The largest absolute Gasteiger partial charge is 0.454 e.